The van der Waals surface area contributed by atoms with Crippen molar-refractivity contribution in [3.8, 4) is 11.5 Å². The van der Waals surface area contributed by atoms with Gasteiger partial charge in [-0.2, -0.15) is 8.78 Å². The van der Waals surface area contributed by atoms with Gasteiger partial charge in [-0.15, -0.1) is 0 Å². The summed E-state index contributed by atoms with van der Waals surface area (Å²) in [6.45, 7) is -2.96. The number of non-ortho nitro benzene ring substituents is 1. The highest BCUT2D eigenvalue weighted by atomic mass is 19.3. The van der Waals surface area contributed by atoms with Gasteiger partial charge in [0.1, 0.15) is 6.61 Å². The Kier molecular flexibility index (Phi) is 7.03. The van der Waals surface area contributed by atoms with E-state index in [1.54, 1.807) is 0 Å². The van der Waals surface area contributed by atoms with Crippen molar-refractivity contribution in [3.63, 3.8) is 0 Å². The highest BCUT2D eigenvalue weighted by Crippen LogP contribution is 2.29. The molecule has 0 bridgehead atoms. The maximum Gasteiger partial charge on any atom is 0.419 e. The molecule has 170 valence electrons. The van der Waals surface area contributed by atoms with E-state index in [0.717, 1.165) is 6.07 Å². The number of benzene rings is 2. The quantitative estimate of drug-likeness (QED) is 0.260. The molecule has 0 unspecified atom stereocenters. The number of hydrogen-bond donors (Lipinski definition) is 0. The van der Waals surface area contributed by atoms with Gasteiger partial charge in [0.15, 0.2) is 17.1 Å². The van der Waals surface area contributed by atoms with Crippen molar-refractivity contribution in [2.45, 2.75) is 32.6 Å². The maximum atomic E-state index is 12.4. The normalized spacial score (nSPS) is 11.0. The van der Waals surface area contributed by atoms with E-state index in [-0.39, 0.29) is 48.8 Å². The molecule has 10 nitrogen and oxygen atoms in total. The minimum Gasteiger partial charge on any atom is -0.493 e. The van der Waals surface area contributed by atoms with Crippen LogP contribution in [0.3, 0.4) is 0 Å². The van der Waals surface area contributed by atoms with Crippen LogP contribution in [-0.2, 0) is 22.7 Å². The Balaban J connectivity index is 1.54. The van der Waals surface area contributed by atoms with Crippen molar-refractivity contribution >= 4 is 22.8 Å². The average molecular weight is 452 g/mol. The van der Waals surface area contributed by atoms with E-state index in [9.17, 15) is 28.5 Å². The molecule has 0 amide bonds. The van der Waals surface area contributed by atoms with Crippen LogP contribution in [0.5, 0.6) is 11.5 Å². The van der Waals surface area contributed by atoms with E-state index in [4.69, 9.17) is 13.9 Å². The lowest BCUT2D eigenvalue weighted by atomic mass is 10.2. The molecule has 1 aromatic heterocycles. The van der Waals surface area contributed by atoms with Gasteiger partial charge in [0.2, 0.25) is 0 Å². The fraction of sp³-hybridized carbons (Fsp3) is 0.300. The molecule has 0 aliphatic heterocycles. The molecule has 0 atom stereocenters. The Morgan fingerprint density at radius 2 is 2.00 bits per heavy atom. The minimum atomic E-state index is -3.00. The number of carbonyl (C=O) groups excluding carboxylic acids is 1. The molecule has 3 aromatic rings. The van der Waals surface area contributed by atoms with E-state index < -0.39 is 23.3 Å². The largest absolute Gasteiger partial charge is 0.493 e. The number of rotatable bonds is 10. The SMILES string of the molecule is COc1cc(COC(=O)CCCn2c(=O)oc3cc([N+](=O)[O-])ccc32)ccc1OC(F)F. The third kappa shape index (κ3) is 5.39. The molecule has 0 N–H and O–H groups in total. The van der Waals surface area contributed by atoms with Gasteiger partial charge in [0.05, 0.1) is 23.6 Å². The number of nitrogens with zero attached hydrogens (tertiary/aromatic N) is 2. The molecule has 0 radical (unpaired) electrons. The summed E-state index contributed by atoms with van der Waals surface area (Å²) >= 11 is 0. The van der Waals surface area contributed by atoms with Crippen molar-refractivity contribution in [2.24, 2.45) is 0 Å². The van der Waals surface area contributed by atoms with Crippen molar-refractivity contribution in [3.05, 3.63) is 62.6 Å². The van der Waals surface area contributed by atoms with Crippen molar-refractivity contribution < 1.29 is 37.1 Å². The molecule has 3 rings (SSSR count). The molecule has 0 aliphatic rings. The fourth-order valence-electron chi connectivity index (χ4n) is 2.99. The topological polar surface area (TPSA) is 123 Å². The average Bonchev–Trinajstić information content (AvgIpc) is 3.07. The summed E-state index contributed by atoms with van der Waals surface area (Å²) in [7, 11) is 1.29. The second kappa shape index (κ2) is 9.90. The highest BCUT2D eigenvalue weighted by Gasteiger charge is 2.15. The number of ether oxygens (including phenoxy) is 3. The lowest BCUT2D eigenvalue weighted by molar-refractivity contribution is -0.384. The number of esters is 1. The number of halogens is 2. The molecule has 0 fully saturated rings. The van der Waals surface area contributed by atoms with E-state index in [0.29, 0.717) is 11.1 Å². The monoisotopic (exact) mass is 452 g/mol. The van der Waals surface area contributed by atoms with Crippen LogP contribution in [0.1, 0.15) is 18.4 Å². The molecule has 1 heterocycles. The zero-order chi connectivity index (χ0) is 23.3. The smallest absolute Gasteiger partial charge is 0.419 e. The van der Waals surface area contributed by atoms with Crippen LogP contribution >= 0.6 is 0 Å². The zero-order valence-corrected chi connectivity index (χ0v) is 16.8. The van der Waals surface area contributed by atoms with Crippen LogP contribution in [0.25, 0.3) is 11.1 Å². The molecule has 0 saturated heterocycles. The molecular formula is C20H18F2N2O8. The molecule has 2 aromatic carbocycles. The third-order valence-corrected chi connectivity index (χ3v) is 4.47. The first-order valence-electron chi connectivity index (χ1n) is 9.33. The number of carbonyl (C=O) groups is 1. The van der Waals surface area contributed by atoms with Crippen molar-refractivity contribution in [1.29, 1.82) is 0 Å². The maximum absolute atomic E-state index is 12.4. The number of hydrogen-bond acceptors (Lipinski definition) is 8. The van der Waals surface area contributed by atoms with Crippen molar-refractivity contribution in [1.82, 2.24) is 4.57 Å². The van der Waals surface area contributed by atoms with Gasteiger partial charge in [-0.3, -0.25) is 19.5 Å². The van der Waals surface area contributed by atoms with Gasteiger partial charge in [-0.1, -0.05) is 6.07 Å². The first-order chi connectivity index (χ1) is 15.3. The number of fused-ring (bicyclic) bond motifs is 1. The van der Waals surface area contributed by atoms with E-state index in [1.165, 1.54) is 42.0 Å². The van der Waals surface area contributed by atoms with Crippen LogP contribution in [0, 0.1) is 10.1 Å². The van der Waals surface area contributed by atoms with Gasteiger partial charge in [0, 0.05) is 19.0 Å². The summed E-state index contributed by atoms with van der Waals surface area (Å²) in [6, 6.07) is 7.99. The molecule has 0 saturated carbocycles. The highest BCUT2D eigenvalue weighted by molar-refractivity contribution is 5.75. The van der Waals surface area contributed by atoms with Crippen LogP contribution < -0.4 is 15.2 Å². The van der Waals surface area contributed by atoms with Gasteiger partial charge >= 0.3 is 18.3 Å². The fourth-order valence-corrected chi connectivity index (χ4v) is 2.99. The lowest BCUT2D eigenvalue weighted by Crippen LogP contribution is -2.15. The number of aromatic nitrogens is 1. The Hall–Kier alpha value is -3.96. The number of nitro benzene ring substituents is 1. The number of oxazole rings is 1. The summed E-state index contributed by atoms with van der Waals surface area (Å²) in [5.74, 6) is -1.29. The van der Waals surface area contributed by atoms with Gasteiger partial charge in [-0.05, 0) is 30.2 Å². The molecule has 12 heteroatoms. The zero-order valence-electron chi connectivity index (χ0n) is 16.8. The summed E-state index contributed by atoms with van der Waals surface area (Å²) in [5, 5.41) is 10.8. The van der Waals surface area contributed by atoms with Crippen molar-refractivity contribution in [2.75, 3.05) is 7.11 Å². The number of aryl methyl sites for hydroxylation is 1. The first-order valence-corrected chi connectivity index (χ1v) is 9.33. The summed E-state index contributed by atoms with van der Waals surface area (Å²) in [6.07, 6.45) is 0.255. The Bertz CT molecular complexity index is 1190. The van der Waals surface area contributed by atoms with E-state index >= 15 is 0 Å². The summed E-state index contributed by atoms with van der Waals surface area (Å²) in [5.41, 5.74) is 0.773. The van der Waals surface area contributed by atoms with Crippen LogP contribution in [-0.4, -0.2) is 29.2 Å². The number of methoxy groups -OCH3 is 1. The second-order valence-electron chi connectivity index (χ2n) is 6.56. The first kappa shape index (κ1) is 22.7. The summed E-state index contributed by atoms with van der Waals surface area (Å²) in [4.78, 5) is 34.2. The van der Waals surface area contributed by atoms with Crippen LogP contribution in [0.4, 0.5) is 14.5 Å². The minimum absolute atomic E-state index is 0.00416. The van der Waals surface area contributed by atoms with E-state index in [1.807, 2.05) is 0 Å². The van der Waals surface area contributed by atoms with Crippen LogP contribution in [0.15, 0.2) is 45.6 Å². The standard InChI is InChI=1S/C20H18F2N2O8/c1-29-17-9-12(4-7-15(17)31-19(21)22)11-30-18(25)3-2-8-23-14-6-5-13(24(27)28)10-16(14)32-20(23)26/h4-7,9-10,19H,2-3,8,11H2,1H3. The Morgan fingerprint density at radius 1 is 1.22 bits per heavy atom. The van der Waals surface area contributed by atoms with Gasteiger partial charge < -0.3 is 18.6 Å². The predicted molar refractivity (Wildman–Crippen MR) is 106 cm³/mol. The van der Waals surface area contributed by atoms with E-state index in [2.05, 4.69) is 4.74 Å². The summed E-state index contributed by atoms with van der Waals surface area (Å²) < 4.78 is 45.5. The lowest BCUT2D eigenvalue weighted by Gasteiger charge is -2.11. The second-order valence-corrected chi connectivity index (χ2v) is 6.56. The third-order valence-electron chi connectivity index (χ3n) is 4.47. The van der Waals surface area contributed by atoms with Gasteiger partial charge in [-0.25, -0.2) is 4.79 Å². The molecule has 32 heavy (non-hydrogen) atoms. The molecular weight excluding hydrogens is 434 g/mol. The number of nitro groups is 1. The molecule has 0 spiro atoms. The number of alkyl halides is 2. The van der Waals surface area contributed by atoms with Crippen LogP contribution in [0.2, 0.25) is 0 Å². The van der Waals surface area contributed by atoms with Gasteiger partial charge in [0.25, 0.3) is 5.69 Å². The Labute approximate surface area is 179 Å². The molecule has 0 aliphatic carbocycles. The predicted octanol–water partition coefficient (Wildman–Crippen LogP) is 3.64. The Morgan fingerprint density at radius 3 is 2.69 bits per heavy atom.